The number of benzene rings is 10. The molecule has 0 aromatic heterocycles. The molecule has 0 N–H and O–H groups in total. The Morgan fingerprint density at radius 1 is 0.258 bits per heavy atom. The summed E-state index contributed by atoms with van der Waals surface area (Å²) in [5.41, 5.74) is 24.0. The highest BCUT2D eigenvalue weighted by atomic mass is 15.1. The minimum atomic E-state index is -0.390. The van der Waals surface area contributed by atoms with Crippen LogP contribution in [0.4, 0.5) is 17.1 Å². The summed E-state index contributed by atoms with van der Waals surface area (Å²) in [6.45, 7) is 9.50. The predicted molar refractivity (Wildman–Crippen MR) is 276 cm³/mol. The number of rotatable bonds is 5. The second kappa shape index (κ2) is 14.1. The molecule has 10 aromatic carbocycles. The second-order valence-electron chi connectivity index (χ2n) is 19.7. The molecule has 314 valence electrons. The Balaban J connectivity index is 0.918. The molecule has 0 aliphatic heterocycles. The van der Waals surface area contributed by atoms with Gasteiger partial charge in [0.25, 0.3) is 0 Å². The van der Waals surface area contributed by atoms with Gasteiger partial charge in [-0.25, -0.2) is 0 Å². The summed E-state index contributed by atoms with van der Waals surface area (Å²) >= 11 is 0. The third-order valence-corrected chi connectivity index (χ3v) is 15.5. The largest absolute Gasteiger partial charge is 0.310 e. The zero-order valence-corrected chi connectivity index (χ0v) is 37.8. The lowest BCUT2D eigenvalue weighted by Crippen LogP contribution is -2.40. The van der Waals surface area contributed by atoms with Crippen molar-refractivity contribution in [2.45, 2.75) is 43.9 Å². The normalized spacial score (nSPS) is 15.0. The zero-order valence-electron chi connectivity index (χ0n) is 37.8. The molecular formula is C65H49N. The van der Waals surface area contributed by atoms with Crippen molar-refractivity contribution in [2.24, 2.45) is 0 Å². The molecule has 3 aliphatic rings. The average molecular weight is 844 g/mol. The van der Waals surface area contributed by atoms with Crippen LogP contribution < -0.4 is 4.90 Å². The third-order valence-electron chi connectivity index (χ3n) is 15.5. The first-order chi connectivity index (χ1) is 32.2. The van der Waals surface area contributed by atoms with E-state index in [1.165, 1.54) is 99.8 Å². The van der Waals surface area contributed by atoms with Crippen LogP contribution in [0.2, 0.25) is 0 Å². The summed E-state index contributed by atoms with van der Waals surface area (Å²) in [6, 6.07) is 84.4. The standard InChI is InChI=1S/C65H49N/c1-63(2)55-20-10-8-18-51(55)53-36-35-50(41-62(53)63)66(48-32-28-43(29-33-48)42-16-6-5-7-17-42)49-34-30-45-38-44(26-27-46(45)39-49)47-31-37-57-54(40-47)52-19-9-11-21-56(52)65(57)60-24-14-12-22-58(60)64(3,4)59-23-13-15-25-61(59)65/h5-41H,1-4H3. The number of hydrogen-bond acceptors (Lipinski definition) is 1. The second-order valence-corrected chi connectivity index (χ2v) is 19.7. The van der Waals surface area contributed by atoms with Gasteiger partial charge in [-0.2, -0.15) is 0 Å². The molecule has 0 saturated carbocycles. The molecule has 0 atom stereocenters. The van der Waals surface area contributed by atoms with Gasteiger partial charge in [0.2, 0.25) is 0 Å². The Morgan fingerprint density at radius 3 is 1.41 bits per heavy atom. The lowest BCUT2D eigenvalue weighted by atomic mass is 9.55. The molecule has 0 saturated heterocycles. The van der Waals surface area contributed by atoms with Gasteiger partial charge in [0, 0.05) is 27.9 Å². The van der Waals surface area contributed by atoms with Gasteiger partial charge in [-0.1, -0.05) is 204 Å². The summed E-state index contributed by atoms with van der Waals surface area (Å²) < 4.78 is 0. The molecule has 0 radical (unpaired) electrons. The van der Waals surface area contributed by atoms with E-state index in [0.717, 1.165) is 17.1 Å². The highest BCUT2D eigenvalue weighted by Gasteiger charge is 2.53. The van der Waals surface area contributed by atoms with Gasteiger partial charge >= 0.3 is 0 Å². The molecule has 0 bridgehead atoms. The lowest BCUT2D eigenvalue weighted by Gasteiger charge is -2.46. The summed E-state index contributed by atoms with van der Waals surface area (Å²) in [6.07, 6.45) is 0. The van der Waals surface area contributed by atoms with Crippen LogP contribution in [-0.2, 0) is 16.2 Å². The van der Waals surface area contributed by atoms with Crippen molar-refractivity contribution in [2.75, 3.05) is 4.90 Å². The number of nitrogens with zero attached hydrogens (tertiary/aromatic N) is 1. The van der Waals surface area contributed by atoms with Gasteiger partial charge in [0.15, 0.2) is 0 Å². The maximum Gasteiger partial charge on any atom is 0.0719 e. The molecule has 10 aromatic rings. The van der Waals surface area contributed by atoms with Gasteiger partial charge in [-0.05, 0) is 148 Å². The molecule has 1 nitrogen and oxygen atoms in total. The van der Waals surface area contributed by atoms with Crippen LogP contribution in [0, 0.1) is 0 Å². The van der Waals surface area contributed by atoms with E-state index in [2.05, 4.69) is 257 Å². The van der Waals surface area contributed by atoms with Crippen molar-refractivity contribution in [3.05, 3.63) is 269 Å². The van der Waals surface area contributed by atoms with E-state index in [4.69, 9.17) is 0 Å². The van der Waals surface area contributed by atoms with E-state index < -0.39 is 0 Å². The summed E-state index contributed by atoms with van der Waals surface area (Å²) in [4.78, 5) is 2.43. The van der Waals surface area contributed by atoms with Gasteiger partial charge in [-0.15, -0.1) is 0 Å². The fourth-order valence-corrected chi connectivity index (χ4v) is 12.3. The molecule has 0 amide bonds. The zero-order chi connectivity index (χ0) is 44.4. The molecule has 0 fully saturated rings. The van der Waals surface area contributed by atoms with Gasteiger partial charge in [0.1, 0.15) is 0 Å². The van der Waals surface area contributed by atoms with Crippen LogP contribution in [0.5, 0.6) is 0 Å². The van der Waals surface area contributed by atoms with Crippen LogP contribution in [0.15, 0.2) is 224 Å². The van der Waals surface area contributed by atoms with Crippen LogP contribution in [0.25, 0.3) is 55.3 Å². The van der Waals surface area contributed by atoms with Crippen molar-refractivity contribution >= 4 is 27.8 Å². The third kappa shape index (κ3) is 5.41. The topological polar surface area (TPSA) is 3.24 Å². The molecule has 0 unspecified atom stereocenters. The Morgan fingerprint density at radius 2 is 0.697 bits per heavy atom. The smallest absolute Gasteiger partial charge is 0.0719 e. The molecule has 0 heterocycles. The van der Waals surface area contributed by atoms with Crippen molar-refractivity contribution < 1.29 is 0 Å². The van der Waals surface area contributed by atoms with Crippen molar-refractivity contribution in [3.63, 3.8) is 0 Å². The van der Waals surface area contributed by atoms with Crippen molar-refractivity contribution in [1.29, 1.82) is 0 Å². The summed E-state index contributed by atoms with van der Waals surface area (Å²) in [5.74, 6) is 0. The highest BCUT2D eigenvalue weighted by Crippen LogP contribution is 2.62. The first kappa shape index (κ1) is 38.7. The Bertz CT molecular complexity index is 3540. The Hall–Kier alpha value is -7.74. The molecule has 1 heteroatoms. The molecule has 66 heavy (non-hydrogen) atoms. The number of fused-ring (bicyclic) bond motifs is 13. The fraction of sp³-hybridized carbons (Fsp3) is 0.108. The molecule has 3 aliphatic carbocycles. The molecule has 13 rings (SSSR count). The van der Waals surface area contributed by atoms with Gasteiger partial charge < -0.3 is 4.90 Å². The average Bonchev–Trinajstić information content (AvgIpc) is 3.78. The van der Waals surface area contributed by atoms with Gasteiger partial charge in [0.05, 0.1) is 5.41 Å². The van der Waals surface area contributed by atoms with E-state index in [-0.39, 0.29) is 16.2 Å². The highest BCUT2D eigenvalue weighted by molar-refractivity contribution is 5.95. The van der Waals surface area contributed by atoms with Crippen LogP contribution in [-0.4, -0.2) is 0 Å². The number of hydrogen-bond donors (Lipinski definition) is 0. The van der Waals surface area contributed by atoms with E-state index in [0.29, 0.717) is 0 Å². The number of anilines is 3. The fourth-order valence-electron chi connectivity index (χ4n) is 12.3. The monoisotopic (exact) mass is 843 g/mol. The summed E-state index contributed by atoms with van der Waals surface area (Å²) in [5, 5.41) is 2.43. The van der Waals surface area contributed by atoms with E-state index >= 15 is 0 Å². The first-order valence-electron chi connectivity index (χ1n) is 23.4. The quantitative estimate of drug-likeness (QED) is 0.167. The molecule has 1 spiro atoms. The lowest BCUT2D eigenvalue weighted by molar-refractivity contribution is 0.563. The minimum Gasteiger partial charge on any atom is -0.310 e. The maximum absolute atomic E-state index is 2.46. The van der Waals surface area contributed by atoms with E-state index in [1.54, 1.807) is 0 Å². The molecular weight excluding hydrogens is 795 g/mol. The predicted octanol–water partition coefficient (Wildman–Crippen LogP) is 17.0. The van der Waals surface area contributed by atoms with Crippen molar-refractivity contribution in [1.82, 2.24) is 0 Å². The Labute approximate surface area is 388 Å². The van der Waals surface area contributed by atoms with E-state index in [9.17, 15) is 0 Å². The minimum absolute atomic E-state index is 0.104. The maximum atomic E-state index is 2.46. The van der Waals surface area contributed by atoms with Gasteiger partial charge in [-0.3, -0.25) is 0 Å². The Kier molecular flexibility index (Phi) is 8.28. The van der Waals surface area contributed by atoms with Crippen LogP contribution in [0.1, 0.15) is 72.2 Å². The van der Waals surface area contributed by atoms with Crippen molar-refractivity contribution in [3.8, 4) is 44.5 Å². The SMILES string of the molecule is CC1(C)c2ccccc2-c2ccc(N(c3ccc(-c4ccccc4)cc3)c3ccc4cc(-c5ccc6c(c5)-c5ccccc5C65c6ccccc6C(C)(C)c6ccccc65)ccc4c3)cc21. The summed E-state index contributed by atoms with van der Waals surface area (Å²) in [7, 11) is 0. The van der Waals surface area contributed by atoms with Crippen LogP contribution >= 0.6 is 0 Å². The van der Waals surface area contributed by atoms with Crippen LogP contribution in [0.3, 0.4) is 0 Å². The van der Waals surface area contributed by atoms with E-state index in [1.807, 2.05) is 0 Å². The first-order valence-corrected chi connectivity index (χ1v) is 23.4.